The molecule has 0 bridgehead atoms. The number of nitrogens with one attached hydrogen (secondary N) is 2. The van der Waals surface area contributed by atoms with E-state index in [-0.39, 0.29) is 17.4 Å². The van der Waals surface area contributed by atoms with Crippen molar-refractivity contribution in [2.75, 3.05) is 11.1 Å². The number of carbonyl (C=O) groups excluding carboxylic acids is 2. The van der Waals surface area contributed by atoms with Crippen LogP contribution in [0.25, 0.3) is 11.4 Å². The molecule has 0 aliphatic carbocycles. The monoisotopic (exact) mass is 386 g/mol. The number of hydrogen-bond acceptors (Lipinski definition) is 5. The second kappa shape index (κ2) is 8.16. The minimum atomic E-state index is -0.209. The highest BCUT2D eigenvalue weighted by molar-refractivity contribution is 7.99. The van der Waals surface area contributed by atoms with Crippen LogP contribution >= 0.6 is 23.4 Å². The number of aromatic nitrogens is 3. The van der Waals surface area contributed by atoms with Crippen molar-refractivity contribution in [3.05, 3.63) is 59.1 Å². The van der Waals surface area contributed by atoms with Gasteiger partial charge in [0.2, 0.25) is 11.1 Å². The molecule has 1 aromatic heterocycles. The van der Waals surface area contributed by atoms with E-state index in [1.807, 2.05) is 18.2 Å². The molecule has 0 saturated heterocycles. The predicted molar refractivity (Wildman–Crippen MR) is 103 cm³/mol. The van der Waals surface area contributed by atoms with Crippen molar-refractivity contribution in [2.24, 2.45) is 0 Å². The van der Waals surface area contributed by atoms with Crippen molar-refractivity contribution in [3.8, 4) is 11.4 Å². The predicted octanol–water partition coefficient (Wildman–Crippen LogP) is 4.06. The first kappa shape index (κ1) is 18.2. The second-order valence-corrected chi connectivity index (χ2v) is 6.77. The molecule has 8 heteroatoms. The molecule has 0 fully saturated rings. The Bertz CT molecular complexity index is 958. The van der Waals surface area contributed by atoms with Gasteiger partial charge in [0.1, 0.15) is 0 Å². The number of nitrogens with zero attached hydrogens (tertiary/aromatic N) is 2. The van der Waals surface area contributed by atoms with Crippen LogP contribution < -0.4 is 5.32 Å². The van der Waals surface area contributed by atoms with Gasteiger partial charge in [-0.15, -0.1) is 5.10 Å². The largest absolute Gasteiger partial charge is 0.325 e. The van der Waals surface area contributed by atoms with E-state index < -0.39 is 0 Å². The number of anilines is 1. The minimum Gasteiger partial charge on any atom is -0.325 e. The zero-order chi connectivity index (χ0) is 18.5. The van der Waals surface area contributed by atoms with E-state index in [2.05, 4.69) is 20.5 Å². The summed E-state index contributed by atoms with van der Waals surface area (Å²) in [6.45, 7) is 1.48. The molecule has 0 radical (unpaired) electrons. The van der Waals surface area contributed by atoms with Gasteiger partial charge in [-0.1, -0.05) is 47.6 Å². The number of aromatic amines is 1. The smallest absolute Gasteiger partial charge is 0.234 e. The fraction of sp³-hybridized carbons (Fsp3) is 0.111. The topological polar surface area (TPSA) is 87.7 Å². The van der Waals surface area contributed by atoms with E-state index in [4.69, 9.17) is 11.6 Å². The summed E-state index contributed by atoms with van der Waals surface area (Å²) >= 11 is 7.34. The second-order valence-electron chi connectivity index (χ2n) is 5.42. The van der Waals surface area contributed by atoms with E-state index in [1.165, 1.54) is 18.7 Å². The molecule has 0 aliphatic heterocycles. The molecule has 26 heavy (non-hydrogen) atoms. The van der Waals surface area contributed by atoms with Gasteiger partial charge in [0, 0.05) is 16.8 Å². The van der Waals surface area contributed by atoms with E-state index >= 15 is 0 Å². The number of halogens is 1. The van der Waals surface area contributed by atoms with Crippen molar-refractivity contribution in [1.29, 1.82) is 0 Å². The van der Waals surface area contributed by atoms with Crippen LogP contribution in [-0.2, 0) is 4.79 Å². The Kier molecular flexibility index (Phi) is 5.70. The van der Waals surface area contributed by atoms with Gasteiger partial charge in [0.15, 0.2) is 11.6 Å². The summed E-state index contributed by atoms with van der Waals surface area (Å²) in [4.78, 5) is 27.8. The number of Topliss-reactive ketones (excluding diaryl/α,β-unsaturated/α-hetero) is 1. The van der Waals surface area contributed by atoms with Crippen molar-refractivity contribution in [2.45, 2.75) is 12.1 Å². The Morgan fingerprint density at radius 1 is 1.19 bits per heavy atom. The molecule has 6 nitrogen and oxygen atoms in total. The van der Waals surface area contributed by atoms with Crippen molar-refractivity contribution < 1.29 is 9.59 Å². The van der Waals surface area contributed by atoms with Crippen molar-refractivity contribution in [3.63, 3.8) is 0 Å². The summed E-state index contributed by atoms with van der Waals surface area (Å²) in [6, 6.07) is 14.1. The molecule has 3 rings (SSSR count). The van der Waals surface area contributed by atoms with E-state index in [0.29, 0.717) is 27.3 Å². The van der Waals surface area contributed by atoms with E-state index in [1.54, 1.807) is 30.3 Å². The first-order valence-electron chi connectivity index (χ1n) is 7.74. The van der Waals surface area contributed by atoms with Gasteiger partial charge >= 0.3 is 0 Å². The highest BCUT2D eigenvalue weighted by Gasteiger charge is 2.11. The fourth-order valence-corrected chi connectivity index (χ4v) is 3.05. The van der Waals surface area contributed by atoms with Crippen LogP contribution in [0.15, 0.2) is 53.7 Å². The lowest BCUT2D eigenvalue weighted by Crippen LogP contribution is -2.14. The van der Waals surface area contributed by atoms with Crippen LogP contribution in [0.2, 0.25) is 5.02 Å². The van der Waals surface area contributed by atoms with Gasteiger partial charge < -0.3 is 5.32 Å². The van der Waals surface area contributed by atoms with Gasteiger partial charge in [0.25, 0.3) is 0 Å². The SMILES string of the molecule is CC(=O)c1cccc(NC(=O)CSc2n[nH]c(-c3ccccc3Cl)n2)c1. The quantitative estimate of drug-likeness (QED) is 0.492. The van der Waals surface area contributed by atoms with Crippen LogP contribution in [0.5, 0.6) is 0 Å². The zero-order valence-corrected chi connectivity index (χ0v) is 15.4. The number of amides is 1. The summed E-state index contributed by atoms with van der Waals surface area (Å²) in [5.74, 6) is 0.431. The van der Waals surface area contributed by atoms with Gasteiger partial charge in [-0.25, -0.2) is 4.98 Å². The van der Waals surface area contributed by atoms with Crippen LogP contribution in [0.3, 0.4) is 0 Å². The lowest BCUT2D eigenvalue weighted by Gasteiger charge is -2.05. The van der Waals surface area contributed by atoms with Gasteiger partial charge in [0.05, 0.1) is 10.8 Å². The Balaban J connectivity index is 1.59. The standard InChI is InChI=1S/C18H15ClN4O2S/c1-11(24)12-5-4-6-13(9-12)20-16(25)10-26-18-21-17(22-23-18)14-7-2-3-8-15(14)19/h2-9H,10H2,1H3,(H,20,25)(H,21,22,23). The summed E-state index contributed by atoms with van der Waals surface area (Å²) in [5, 5.41) is 10.7. The number of rotatable bonds is 6. The Labute approximate surface area is 159 Å². The summed E-state index contributed by atoms with van der Waals surface area (Å²) in [6.07, 6.45) is 0. The van der Waals surface area contributed by atoms with Crippen LogP contribution in [0, 0.1) is 0 Å². The van der Waals surface area contributed by atoms with Gasteiger partial charge in [-0.05, 0) is 31.2 Å². The third kappa shape index (κ3) is 4.50. The first-order valence-corrected chi connectivity index (χ1v) is 9.10. The average molecular weight is 387 g/mol. The number of thioether (sulfide) groups is 1. The normalized spacial score (nSPS) is 10.5. The summed E-state index contributed by atoms with van der Waals surface area (Å²) in [5.41, 5.74) is 1.88. The number of benzene rings is 2. The van der Waals surface area contributed by atoms with E-state index in [0.717, 1.165) is 5.56 Å². The lowest BCUT2D eigenvalue weighted by molar-refractivity contribution is -0.113. The molecule has 0 atom stereocenters. The maximum absolute atomic E-state index is 12.1. The number of carbonyl (C=O) groups is 2. The molecular formula is C18H15ClN4O2S. The molecule has 0 saturated carbocycles. The molecular weight excluding hydrogens is 372 g/mol. The fourth-order valence-electron chi connectivity index (χ4n) is 2.23. The maximum Gasteiger partial charge on any atom is 0.234 e. The highest BCUT2D eigenvalue weighted by atomic mass is 35.5. The molecule has 0 aliphatic rings. The molecule has 1 heterocycles. The Morgan fingerprint density at radius 3 is 2.77 bits per heavy atom. The average Bonchev–Trinajstić information content (AvgIpc) is 3.09. The number of hydrogen-bond donors (Lipinski definition) is 2. The molecule has 2 N–H and O–H groups in total. The Morgan fingerprint density at radius 2 is 2.00 bits per heavy atom. The van der Waals surface area contributed by atoms with Crippen molar-refractivity contribution in [1.82, 2.24) is 15.2 Å². The number of ketones is 1. The van der Waals surface area contributed by atoms with Crippen LogP contribution in [0.4, 0.5) is 5.69 Å². The van der Waals surface area contributed by atoms with Gasteiger partial charge in [-0.3, -0.25) is 14.7 Å². The minimum absolute atomic E-state index is 0.0525. The summed E-state index contributed by atoms with van der Waals surface area (Å²) in [7, 11) is 0. The molecule has 132 valence electrons. The maximum atomic E-state index is 12.1. The molecule has 2 aromatic carbocycles. The molecule has 3 aromatic rings. The van der Waals surface area contributed by atoms with Gasteiger partial charge in [-0.2, -0.15) is 0 Å². The van der Waals surface area contributed by atoms with E-state index in [9.17, 15) is 9.59 Å². The van der Waals surface area contributed by atoms with Crippen molar-refractivity contribution >= 4 is 40.7 Å². The molecule has 0 unspecified atom stereocenters. The third-order valence-electron chi connectivity index (χ3n) is 3.48. The lowest BCUT2D eigenvalue weighted by atomic mass is 10.1. The zero-order valence-electron chi connectivity index (χ0n) is 13.8. The molecule has 1 amide bonds. The third-order valence-corrected chi connectivity index (χ3v) is 4.66. The van der Waals surface area contributed by atoms with Crippen LogP contribution in [-0.4, -0.2) is 32.6 Å². The van der Waals surface area contributed by atoms with Crippen LogP contribution in [0.1, 0.15) is 17.3 Å². The molecule has 0 spiro atoms. The number of H-pyrrole nitrogens is 1. The highest BCUT2D eigenvalue weighted by Crippen LogP contribution is 2.26. The first-order chi connectivity index (χ1) is 12.5. The Hall–Kier alpha value is -2.64. The summed E-state index contributed by atoms with van der Waals surface area (Å²) < 4.78 is 0.